The zero-order valence-corrected chi connectivity index (χ0v) is 9.92. The zero-order chi connectivity index (χ0) is 11.7. The van der Waals surface area contributed by atoms with Crippen LogP contribution in [0.5, 0.6) is 0 Å². The smallest absolute Gasteiger partial charge is 0.311 e. The summed E-state index contributed by atoms with van der Waals surface area (Å²) < 4.78 is 0.579. The standard InChI is InChI=1S/C9H10BrN3O3/c10-7-3-11-4-8(13(15)16)9(7)12-2-1-6(14)5-12/h3-4,6,14H,1-2,5H2/t6-/m0/s1. The Labute approximate surface area is 100 Å². The van der Waals surface area contributed by atoms with Crippen LogP contribution in [0, 0.1) is 10.1 Å². The van der Waals surface area contributed by atoms with Gasteiger partial charge in [0.2, 0.25) is 0 Å². The summed E-state index contributed by atoms with van der Waals surface area (Å²) in [5.74, 6) is 0. The number of halogens is 1. The van der Waals surface area contributed by atoms with Crippen LogP contribution in [0.1, 0.15) is 6.42 Å². The van der Waals surface area contributed by atoms with E-state index in [1.165, 1.54) is 12.4 Å². The van der Waals surface area contributed by atoms with E-state index in [2.05, 4.69) is 20.9 Å². The number of hydrogen-bond acceptors (Lipinski definition) is 5. The summed E-state index contributed by atoms with van der Waals surface area (Å²) in [6.45, 7) is 1.04. The van der Waals surface area contributed by atoms with Gasteiger partial charge in [0, 0.05) is 19.3 Å². The molecule has 0 aromatic carbocycles. The second kappa shape index (κ2) is 4.34. The summed E-state index contributed by atoms with van der Waals surface area (Å²) >= 11 is 3.26. The monoisotopic (exact) mass is 287 g/mol. The predicted molar refractivity (Wildman–Crippen MR) is 61.4 cm³/mol. The lowest BCUT2D eigenvalue weighted by molar-refractivity contribution is -0.384. The largest absolute Gasteiger partial charge is 0.391 e. The molecule has 1 aromatic heterocycles. The molecule has 0 bridgehead atoms. The Kier molecular flexibility index (Phi) is 3.06. The number of nitro groups is 1. The predicted octanol–water partition coefficient (Wildman–Crippen LogP) is 1.32. The van der Waals surface area contributed by atoms with Crippen molar-refractivity contribution in [2.75, 3.05) is 18.0 Å². The van der Waals surface area contributed by atoms with Crippen molar-refractivity contribution in [2.45, 2.75) is 12.5 Å². The van der Waals surface area contributed by atoms with Gasteiger partial charge in [-0.3, -0.25) is 15.1 Å². The first-order valence-corrected chi connectivity index (χ1v) is 5.60. The zero-order valence-electron chi connectivity index (χ0n) is 8.34. The Morgan fingerprint density at radius 2 is 2.38 bits per heavy atom. The van der Waals surface area contributed by atoms with Gasteiger partial charge in [0.15, 0.2) is 0 Å². The SMILES string of the molecule is O=[N+]([O-])c1cncc(Br)c1N1CC[C@H](O)C1. The van der Waals surface area contributed by atoms with E-state index in [-0.39, 0.29) is 5.69 Å². The van der Waals surface area contributed by atoms with Gasteiger partial charge < -0.3 is 10.0 Å². The van der Waals surface area contributed by atoms with Gasteiger partial charge in [-0.1, -0.05) is 0 Å². The average molecular weight is 288 g/mol. The molecule has 86 valence electrons. The van der Waals surface area contributed by atoms with E-state index < -0.39 is 11.0 Å². The molecule has 0 unspecified atom stereocenters. The first-order chi connectivity index (χ1) is 7.59. The number of rotatable bonds is 2. The van der Waals surface area contributed by atoms with Gasteiger partial charge in [-0.05, 0) is 22.4 Å². The van der Waals surface area contributed by atoms with Crippen LogP contribution in [0.25, 0.3) is 0 Å². The fraction of sp³-hybridized carbons (Fsp3) is 0.444. The van der Waals surface area contributed by atoms with Gasteiger partial charge >= 0.3 is 5.69 Å². The highest BCUT2D eigenvalue weighted by Gasteiger charge is 2.28. The van der Waals surface area contributed by atoms with Crippen LogP contribution in [0.4, 0.5) is 11.4 Å². The van der Waals surface area contributed by atoms with Crippen LogP contribution >= 0.6 is 15.9 Å². The molecule has 1 atom stereocenters. The molecule has 1 aromatic rings. The molecule has 1 N–H and O–H groups in total. The van der Waals surface area contributed by atoms with Gasteiger partial charge in [-0.15, -0.1) is 0 Å². The molecule has 7 heteroatoms. The molecule has 16 heavy (non-hydrogen) atoms. The third-order valence-electron chi connectivity index (χ3n) is 2.53. The average Bonchev–Trinajstić information content (AvgIpc) is 2.64. The Morgan fingerprint density at radius 1 is 1.62 bits per heavy atom. The summed E-state index contributed by atoms with van der Waals surface area (Å²) in [7, 11) is 0. The molecule has 0 saturated carbocycles. The Hall–Kier alpha value is -1.21. The minimum atomic E-state index is -0.461. The lowest BCUT2D eigenvalue weighted by atomic mass is 10.3. The number of aliphatic hydroxyl groups is 1. The number of aromatic nitrogens is 1. The second-order valence-corrected chi connectivity index (χ2v) is 4.49. The van der Waals surface area contributed by atoms with Gasteiger partial charge in [-0.25, -0.2) is 0 Å². The molecule has 1 saturated heterocycles. The van der Waals surface area contributed by atoms with E-state index in [1.54, 1.807) is 4.90 Å². The Bertz CT molecular complexity index is 426. The minimum absolute atomic E-state index is 0.0384. The molecular weight excluding hydrogens is 278 g/mol. The number of anilines is 1. The first kappa shape index (κ1) is 11.3. The fourth-order valence-electron chi connectivity index (χ4n) is 1.81. The van der Waals surface area contributed by atoms with Crippen LogP contribution in [0.3, 0.4) is 0 Å². The minimum Gasteiger partial charge on any atom is -0.391 e. The first-order valence-electron chi connectivity index (χ1n) is 4.80. The summed E-state index contributed by atoms with van der Waals surface area (Å²) in [6.07, 6.45) is 2.96. The maximum atomic E-state index is 10.9. The van der Waals surface area contributed by atoms with Crippen LogP contribution < -0.4 is 4.90 Å². The summed E-state index contributed by atoms with van der Waals surface area (Å²) in [6, 6.07) is 0. The van der Waals surface area contributed by atoms with Crippen LogP contribution in [0.15, 0.2) is 16.9 Å². The van der Waals surface area contributed by atoms with Crippen molar-refractivity contribution in [2.24, 2.45) is 0 Å². The molecular formula is C9H10BrN3O3. The third-order valence-corrected chi connectivity index (χ3v) is 3.11. The topological polar surface area (TPSA) is 79.5 Å². The molecule has 2 rings (SSSR count). The molecule has 0 aliphatic carbocycles. The molecule has 6 nitrogen and oxygen atoms in total. The lowest BCUT2D eigenvalue weighted by Gasteiger charge is -2.18. The highest BCUT2D eigenvalue weighted by Crippen LogP contribution is 2.36. The van der Waals surface area contributed by atoms with E-state index in [0.29, 0.717) is 29.7 Å². The molecule has 0 spiro atoms. The Morgan fingerprint density at radius 3 is 2.94 bits per heavy atom. The van der Waals surface area contributed by atoms with Crippen LogP contribution in [-0.4, -0.2) is 34.2 Å². The molecule has 1 fully saturated rings. The number of hydrogen-bond donors (Lipinski definition) is 1. The fourth-order valence-corrected chi connectivity index (χ4v) is 2.38. The molecule has 0 amide bonds. The lowest BCUT2D eigenvalue weighted by Crippen LogP contribution is -2.22. The number of pyridine rings is 1. The van der Waals surface area contributed by atoms with Crippen molar-refractivity contribution in [3.8, 4) is 0 Å². The summed E-state index contributed by atoms with van der Waals surface area (Å²) in [5, 5.41) is 20.3. The van der Waals surface area contributed by atoms with Crippen molar-refractivity contribution >= 4 is 27.3 Å². The number of β-amino-alcohol motifs (C(OH)–C–C–N with tert-alkyl or cyclic N) is 1. The molecule has 2 heterocycles. The Balaban J connectivity index is 2.42. The van der Waals surface area contributed by atoms with Crippen molar-refractivity contribution in [1.29, 1.82) is 0 Å². The molecule has 1 aliphatic rings. The van der Waals surface area contributed by atoms with Crippen molar-refractivity contribution in [3.05, 3.63) is 27.0 Å². The molecule has 1 aliphatic heterocycles. The van der Waals surface area contributed by atoms with Crippen molar-refractivity contribution < 1.29 is 10.0 Å². The maximum absolute atomic E-state index is 10.9. The van der Waals surface area contributed by atoms with Crippen molar-refractivity contribution in [3.63, 3.8) is 0 Å². The van der Waals surface area contributed by atoms with Crippen LogP contribution in [0.2, 0.25) is 0 Å². The van der Waals surface area contributed by atoms with Gasteiger partial charge in [0.1, 0.15) is 11.9 Å². The van der Waals surface area contributed by atoms with E-state index >= 15 is 0 Å². The van der Waals surface area contributed by atoms with E-state index in [4.69, 9.17) is 0 Å². The van der Waals surface area contributed by atoms with Gasteiger partial charge in [-0.2, -0.15) is 0 Å². The normalized spacial score (nSPS) is 20.1. The highest BCUT2D eigenvalue weighted by molar-refractivity contribution is 9.10. The number of nitrogens with zero attached hydrogens (tertiary/aromatic N) is 3. The summed E-state index contributed by atoms with van der Waals surface area (Å²) in [4.78, 5) is 16.0. The van der Waals surface area contributed by atoms with E-state index in [9.17, 15) is 15.2 Å². The second-order valence-electron chi connectivity index (χ2n) is 3.63. The quantitative estimate of drug-likeness (QED) is 0.656. The van der Waals surface area contributed by atoms with E-state index in [1.807, 2.05) is 0 Å². The van der Waals surface area contributed by atoms with Gasteiger partial charge in [0.25, 0.3) is 0 Å². The van der Waals surface area contributed by atoms with Crippen molar-refractivity contribution in [1.82, 2.24) is 4.98 Å². The third kappa shape index (κ3) is 2.00. The van der Waals surface area contributed by atoms with Crippen LogP contribution in [-0.2, 0) is 0 Å². The highest BCUT2D eigenvalue weighted by atomic mass is 79.9. The number of aliphatic hydroxyl groups excluding tert-OH is 1. The molecule has 0 radical (unpaired) electrons. The maximum Gasteiger partial charge on any atom is 0.311 e. The summed E-state index contributed by atoms with van der Waals surface area (Å²) in [5.41, 5.74) is 0.458. The van der Waals surface area contributed by atoms with Gasteiger partial charge in [0.05, 0.1) is 15.5 Å². The van der Waals surface area contributed by atoms with E-state index in [0.717, 1.165) is 0 Å².